The Balaban J connectivity index is 1.39. The SMILES string of the molecule is O=C(Nc1ccc(OC2CCCC2)c(Cl)c1)c1cn(C2CCNCC2)nn1. The van der Waals surface area contributed by atoms with Gasteiger partial charge in [-0.25, -0.2) is 4.68 Å². The highest BCUT2D eigenvalue weighted by atomic mass is 35.5. The van der Waals surface area contributed by atoms with E-state index < -0.39 is 0 Å². The summed E-state index contributed by atoms with van der Waals surface area (Å²) in [5.41, 5.74) is 0.913. The average molecular weight is 390 g/mol. The lowest BCUT2D eigenvalue weighted by molar-refractivity contribution is 0.102. The maximum atomic E-state index is 12.5. The van der Waals surface area contributed by atoms with Gasteiger partial charge in [0.2, 0.25) is 0 Å². The van der Waals surface area contributed by atoms with E-state index >= 15 is 0 Å². The third-order valence-electron chi connectivity index (χ3n) is 5.21. The molecule has 1 amide bonds. The van der Waals surface area contributed by atoms with Crippen molar-refractivity contribution in [3.05, 3.63) is 35.1 Å². The summed E-state index contributed by atoms with van der Waals surface area (Å²) in [6.07, 6.45) is 8.48. The van der Waals surface area contributed by atoms with Gasteiger partial charge in [-0.2, -0.15) is 0 Å². The molecule has 0 spiro atoms. The number of nitrogens with zero attached hydrogens (tertiary/aromatic N) is 3. The van der Waals surface area contributed by atoms with Crippen molar-refractivity contribution in [2.75, 3.05) is 18.4 Å². The largest absolute Gasteiger partial charge is 0.489 e. The summed E-state index contributed by atoms with van der Waals surface area (Å²) >= 11 is 6.33. The van der Waals surface area contributed by atoms with E-state index in [9.17, 15) is 4.79 Å². The van der Waals surface area contributed by atoms with Gasteiger partial charge in [0.25, 0.3) is 5.91 Å². The van der Waals surface area contributed by atoms with Gasteiger partial charge in [-0.15, -0.1) is 5.10 Å². The van der Waals surface area contributed by atoms with Crippen molar-refractivity contribution in [1.82, 2.24) is 20.3 Å². The maximum Gasteiger partial charge on any atom is 0.277 e. The first kappa shape index (κ1) is 18.3. The number of aromatic nitrogens is 3. The summed E-state index contributed by atoms with van der Waals surface area (Å²) in [5, 5.41) is 14.8. The highest BCUT2D eigenvalue weighted by Crippen LogP contribution is 2.31. The molecule has 8 heteroatoms. The fourth-order valence-corrected chi connectivity index (χ4v) is 3.91. The number of halogens is 1. The molecular formula is C19H24ClN5O2. The number of carbonyl (C=O) groups is 1. The van der Waals surface area contributed by atoms with E-state index in [-0.39, 0.29) is 12.0 Å². The van der Waals surface area contributed by atoms with Crippen molar-refractivity contribution in [2.45, 2.75) is 50.7 Å². The number of hydrogen-bond acceptors (Lipinski definition) is 5. The first-order valence-electron chi connectivity index (χ1n) is 9.59. The molecule has 2 heterocycles. The summed E-state index contributed by atoms with van der Waals surface area (Å²) in [5.74, 6) is 0.370. The van der Waals surface area contributed by atoms with Crippen molar-refractivity contribution in [3.63, 3.8) is 0 Å². The quantitative estimate of drug-likeness (QED) is 0.818. The number of benzene rings is 1. The molecule has 0 radical (unpaired) electrons. The summed E-state index contributed by atoms with van der Waals surface area (Å²) in [6.45, 7) is 1.92. The van der Waals surface area contributed by atoms with Crippen molar-refractivity contribution >= 4 is 23.2 Å². The van der Waals surface area contributed by atoms with Gasteiger partial charge in [-0.3, -0.25) is 4.79 Å². The van der Waals surface area contributed by atoms with Crippen molar-refractivity contribution in [1.29, 1.82) is 0 Å². The molecule has 1 aromatic carbocycles. The van der Waals surface area contributed by atoms with Crippen LogP contribution in [0, 0.1) is 0 Å². The minimum absolute atomic E-state index is 0.243. The molecule has 1 aliphatic carbocycles. The van der Waals surface area contributed by atoms with E-state index in [2.05, 4.69) is 20.9 Å². The van der Waals surface area contributed by atoms with Crippen LogP contribution in [0.3, 0.4) is 0 Å². The Kier molecular flexibility index (Phi) is 5.59. The van der Waals surface area contributed by atoms with Gasteiger partial charge in [0.15, 0.2) is 5.69 Å². The first-order chi connectivity index (χ1) is 13.2. The number of amides is 1. The van der Waals surface area contributed by atoms with Gasteiger partial charge in [-0.1, -0.05) is 16.8 Å². The number of piperidine rings is 1. The second-order valence-electron chi connectivity index (χ2n) is 7.19. The van der Waals surface area contributed by atoms with Crippen molar-refractivity contribution < 1.29 is 9.53 Å². The Hall–Kier alpha value is -2.12. The van der Waals surface area contributed by atoms with Crippen LogP contribution in [0.25, 0.3) is 0 Å². The molecule has 1 aromatic heterocycles. The Labute approximate surface area is 163 Å². The van der Waals surface area contributed by atoms with Crippen LogP contribution in [-0.4, -0.2) is 40.1 Å². The molecule has 0 atom stereocenters. The molecule has 4 rings (SSSR count). The first-order valence-corrected chi connectivity index (χ1v) is 9.97. The van der Waals surface area contributed by atoms with E-state index in [1.54, 1.807) is 23.0 Å². The summed E-state index contributed by atoms with van der Waals surface area (Å²) < 4.78 is 7.74. The number of ether oxygens (including phenoxy) is 1. The molecule has 7 nitrogen and oxygen atoms in total. The van der Waals surface area contributed by atoms with Gasteiger partial charge in [0.05, 0.1) is 23.4 Å². The Morgan fingerprint density at radius 1 is 1.22 bits per heavy atom. The van der Waals surface area contributed by atoms with Gasteiger partial charge >= 0.3 is 0 Å². The Morgan fingerprint density at radius 2 is 2.00 bits per heavy atom. The molecule has 1 saturated heterocycles. The second-order valence-corrected chi connectivity index (χ2v) is 7.60. The molecule has 144 valence electrons. The minimum Gasteiger partial charge on any atom is -0.489 e. The third-order valence-corrected chi connectivity index (χ3v) is 5.51. The summed E-state index contributed by atoms with van der Waals surface area (Å²) in [7, 11) is 0. The number of carbonyl (C=O) groups excluding carboxylic acids is 1. The third kappa shape index (κ3) is 4.42. The molecule has 2 aliphatic rings. The fraction of sp³-hybridized carbons (Fsp3) is 0.526. The summed E-state index contributed by atoms with van der Waals surface area (Å²) in [6, 6.07) is 5.61. The van der Waals surface area contributed by atoms with Gasteiger partial charge in [-0.05, 0) is 69.8 Å². The van der Waals surface area contributed by atoms with Crippen LogP contribution in [0.5, 0.6) is 5.75 Å². The molecule has 2 fully saturated rings. The van der Waals surface area contributed by atoms with Crippen LogP contribution >= 0.6 is 11.6 Å². The molecule has 0 unspecified atom stereocenters. The molecule has 27 heavy (non-hydrogen) atoms. The lowest BCUT2D eigenvalue weighted by Gasteiger charge is -2.22. The van der Waals surface area contributed by atoms with Crippen LogP contribution < -0.4 is 15.4 Å². The summed E-state index contributed by atoms with van der Waals surface area (Å²) in [4.78, 5) is 12.5. The van der Waals surface area contributed by atoms with Gasteiger partial charge in [0.1, 0.15) is 5.75 Å². The van der Waals surface area contributed by atoms with Crippen molar-refractivity contribution in [3.8, 4) is 5.75 Å². The Bertz CT molecular complexity index is 797. The molecule has 2 N–H and O–H groups in total. The highest BCUT2D eigenvalue weighted by molar-refractivity contribution is 6.32. The zero-order valence-electron chi connectivity index (χ0n) is 15.2. The predicted molar refractivity (Wildman–Crippen MR) is 103 cm³/mol. The number of anilines is 1. The van der Waals surface area contributed by atoms with E-state index in [4.69, 9.17) is 16.3 Å². The zero-order chi connectivity index (χ0) is 18.6. The van der Waals surface area contributed by atoms with E-state index in [1.807, 2.05) is 6.07 Å². The van der Waals surface area contributed by atoms with Crippen LogP contribution in [0.1, 0.15) is 55.1 Å². The lowest BCUT2D eigenvalue weighted by atomic mass is 10.1. The number of rotatable bonds is 5. The molecule has 2 aromatic rings. The second kappa shape index (κ2) is 8.27. The van der Waals surface area contributed by atoms with Crippen LogP contribution in [0.4, 0.5) is 5.69 Å². The average Bonchev–Trinajstić information content (AvgIpc) is 3.37. The van der Waals surface area contributed by atoms with Crippen LogP contribution in [-0.2, 0) is 0 Å². The van der Waals surface area contributed by atoms with E-state index in [1.165, 1.54) is 12.8 Å². The smallest absolute Gasteiger partial charge is 0.277 e. The monoisotopic (exact) mass is 389 g/mol. The molecule has 0 bridgehead atoms. The minimum atomic E-state index is -0.296. The topological polar surface area (TPSA) is 81.1 Å². The number of nitrogens with one attached hydrogen (secondary N) is 2. The fourth-order valence-electron chi connectivity index (χ4n) is 3.69. The lowest BCUT2D eigenvalue weighted by Crippen LogP contribution is -2.29. The van der Waals surface area contributed by atoms with Gasteiger partial charge in [0, 0.05) is 5.69 Å². The van der Waals surface area contributed by atoms with E-state index in [0.29, 0.717) is 28.2 Å². The normalized spacial score (nSPS) is 18.6. The standard InChI is InChI=1S/C19H24ClN5O2/c20-16-11-13(5-6-18(16)27-15-3-1-2-4-15)22-19(26)17-12-25(24-23-17)14-7-9-21-10-8-14/h5-6,11-12,14-15,21H,1-4,7-10H2,(H,22,26). The Morgan fingerprint density at radius 3 is 2.74 bits per heavy atom. The predicted octanol–water partition coefficient (Wildman–Crippen LogP) is 3.43. The maximum absolute atomic E-state index is 12.5. The van der Waals surface area contributed by atoms with Crippen LogP contribution in [0.2, 0.25) is 5.02 Å². The highest BCUT2D eigenvalue weighted by Gasteiger charge is 2.20. The zero-order valence-corrected chi connectivity index (χ0v) is 15.9. The molecular weight excluding hydrogens is 366 g/mol. The molecule has 1 saturated carbocycles. The van der Waals surface area contributed by atoms with Gasteiger partial charge < -0.3 is 15.4 Å². The van der Waals surface area contributed by atoms with E-state index in [0.717, 1.165) is 38.8 Å². The number of hydrogen-bond donors (Lipinski definition) is 2. The van der Waals surface area contributed by atoms with Crippen LogP contribution in [0.15, 0.2) is 24.4 Å². The van der Waals surface area contributed by atoms with Crippen molar-refractivity contribution in [2.24, 2.45) is 0 Å². The molecule has 1 aliphatic heterocycles.